The van der Waals surface area contributed by atoms with Crippen molar-refractivity contribution in [2.45, 2.75) is 13.0 Å². The minimum Gasteiger partial charge on any atom is -0.361 e. The molecule has 5 heteroatoms. The van der Waals surface area contributed by atoms with Crippen molar-refractivity contribution in [2.75, 3.05) is 39.3 Å². The molecule has 1 amide bonds. The van der Waals surface area contributed by atoms with Gasteiger partial charge in [-0.3, -0.25) is 9.69 Å². The topological polar surface area (TPSA) is 51.4 Å². The number of hydrogen-bond acceptors (Lipinski definition) is 3. The Morgan fingerprint density at radius 1 is 0.964 bits per heavy atom. The van der Waals surface area contributed by atoms with Gasteiger partial charge in [-0.25, -0.2) is 0 Å². The van der Waals surface area contributed by atoms with E-state index in [1.165, 1.54) is 22.0 Å². The van der Waals surface area contributed by atoms with E-state index in [2.05, 4.69) is 63.9 Å². The normalized spacial score (nSPS) is 15.2. The molecule has 0 radical (unpaired) electrons. The van der Waals surface area contributed by atoms with Crippen LogP contribution in [0.3, 0.4) is 0 Å². The Labute approximate surface area is 166 Å². The summed E-state index contributed by atoms with van der Waals surface area (Å²) in [4.78, 5) is 20.2. The maximum absolute atomic E-state index is 12.5. The first kappa shape index (κ1) is 18.7. The first-order valence-electron chi connectivity index (χ1n) is 10.1. The van der Waals surface area contributed by atoms with Crippen molar-refractivity contribution in [2.24, 2.45) is 0 Å². The summed E-state index contributed by atoms with van der Waals surface area (Å²) in [5.74, 6) is 0.207. The molecule has 4 rings (SSSR count). The number of amides is 1. The molecule has 1 fully saturated rings. The fraction of sp³-hybridized carbons (Fsp3) is 0.348. The number of carbonyl (C=O) groups excluding carboxylic acids is 1. The highest BCUT2D eigenvalue weighted by Crippen LogP contribution is 2.17. The zero-order valence-electron chi connectivity index (χ0n) is 16.2. The molecule has 0 atom stereocenters. The zero-order valence-corrected chi connectivity index (χ0v) is 16.2. The second kappa shape index (κ2) is 9.04. The van der Waals surface area contributed by atoms with Gasteiger partial charge in [0.2, 0.25) is 5.91 Å². The fourth-order valence-corrected chi connectivity index (χ4v) is 3.87. The van der Waals surface area contributed by atoms with Crippen LogP contribution in [0.4, 0.5) is 0 Å². The maximum atomic E-state index is 12.5. The average Bonchev–Trinajstić information content (AvgIpc) is 3.15. The SMILES string of the molecule is O=C(CNCCc1c[nH]c2ccccc12)N1CCN(Cc2ccccc2)CC1. The van der Waals surface area contributed by atoms with Crippen LogP contribution in [0.25, 0.3) is 10.9 Å². The van der Waals surface area contributed by atoms with Crippen molar-refractivity contribution in [1.82, 2.24) is 20.1 Å². The lowest BCUT2D eigenvalue weighted by molar-refractivity contribution is -0.132. The standard InChI is InChI=1S/C23H28N4O/c28-23(17-24-11-10-20-16-25-22-9-5-4-8-21(20)22)27-14-12-26(13-15-27)18-19-6-2-1-3-7-19/h1-9,16,24-25H,10-15,17-18H2. The van der Waals surface area contributed by atoms with Crippen molar-refractivity contribution in [3.8, 4) is 0 Å². The molecule has 146 valence electrons. The zero-order chi connectivity index (χ0) is 19.2. The Morgan fingerprint density at radius 3 is 2.54 bits per heavy atom. The summed E-state index contributed by atoms with van der Waals surface area (Å²) in [6.45, 7) is 5.70. The largest absolute Gasteiger partial charge is 0.361 e. The van der Waals surface area contributed by atoms with Gasteiger partial charge >= 0.3 is 0 Å². The molecule has 28 heavy (non-hydrogen) atoms. The summed E-state index contributed by atoms with van der Waals surface area (Å²) in [6.07, 6.45) is 2.99. The molecule has 3 aromatic rings. The molecule has 2 heterocycles. The lowest BCUT2D eigenvalue weighted by Crippen LogP contribution is -2.50. The average molecular weight is 377 g/mol. The first-order valence-corrected chi connectivity index (χ1v) is 10.1. The van der Waals surface area contributed by atoms with E-state index in [4.69, 9.17) is 0 Å². The van der Waals surface area contributed by atoms with Crippen LogP contribution < -0.4 is 5.32 Å². The summed E-state index contributed by atoms with van der Waals surface area (Å²) in [7, 11) is 0. The van der Waals surface area contributed by atoms with Gasteiger partial charge in [0, 0.05) is 49.8 Å². The summed E-state index contributed by atoms with van der Waals surface area (Å²) < 4.78 is 0. The summed E-state index contributed by atoms with van der Waals surface area (Å²) >= 11 is 0. The second-order valence-electron chi connectivity index (χ2n) is 7.43. The number of fused-ring (bicyclic) bond motifs is 1. The number of H-pyrrole nitrogens is 1. The van der Waals surface area contributed by atoms with Gasteiger partial charge in [0.25, 0.3) is 0 Å². The monoisotopic (exact) mass is 376 g/mol. The van der Waals surface area contributed by atoms with Gasteiger partial charge in [-0.15, -0.1) is 0 Å². The molecule has 1 saturated heterocycles. The molecule has 1 aliphatic heterocycles. The lowest BCUT2D eigenvalue weighted by Gasteiger charge is -2.34. The number of nitrogens with one attached hydrogen (secondary N) is 2. The highest BCUT2D eigenvalue weighted by Gasteiger charge is 2.20. The molecule has 0 aliphatic carbocycles. The van der Waals surface area contributed by atoms with Crippen molar-refractivity contribution in [3.63, 3.8) is 0 Å². The van der Waals surface area contributed by atoms with Gasteiger partial charge in [0.05, 0.1) is 6.54 Å². The third-order valence-electron chi connectivity index (χ3n) is 5.50. The third-order valence-corrected chi connectivity index (χ3v) is 5.50. The molecule has 0 saturated carbocycles. The molecule has 0 spiro atoms. The van der Waals surface area contributed by atoms with Crippen LogP contribution in [0.15, 0.2) is 60.8 Å². The Bertz CT molecular complexity index is 897. The first-order chi connectivity index (χ1) is 13.8. The Kier molecular flexibility index (Phi) is 6.04. The van der Waals surface area contributed by atoms with Crippen molar-refractivity contribution in [1.29, 1.82) is 0 Å². The summed E-state index contributed by atoms with van der Waals surface area (Å²) in [5.41, 5.74) is 3.80. The predicted octanol–water partition coefficient (Wildman–Crippen LogP) is 2.64. The van der Waals surface area contributed by atoms with Crippen LogP contribution in [0.2, 0.25) is 0 Å². The van der Waals surface area contributed by atoms with Crippen molar-refractivity contribution < 1.29 is 4.79 Å². The molecule has 2 aromatic carbocycles. The molecule has 5 nitrogen and oxygen atoms in total. The molecular weight excluding hydrogens is 348 g/mol. The minimum absolute atomic E-state index is 0.207. The number of rotatable bonds is 7. The van der Waals surface area contributed by atoms with Gasteiger partial charge in [0.1, 0.15) is 0 Å². The lowest BCUT2D eigenvalue weighted by atomic mass is 10.1. The van der Waals surface area contributed by atoms with Crippen LogP contribution in [0.1, 0.15) is 11.1 Å². The number of piperazine rings is 1. The number of benzene rings is 2. The Balaban J connectivity index is 1.17. The van der Waals surface area contributed by atoms with Crippen molar-refractivity contribution >= 4 is 16.8 Å². The number of aromatic amines is 1. The molecule has 0 bridgehead atoms. The molecule has 2 N–H and O–H groups in total. The molecule has 1 aromatic heterocycles. The number of para-hydroxylation sites is 1. The number of carbonyl (C=O) groups is 1. The van der Waals surface area contributed by atoms with Crippen LogP contribution >= 0.6 is 0 Å². The van der Waals surface area contributed by atoms with E-state index in [0.717, 1.165) is 45.7 Å². The highest BCUT2D eigenvalue weighted by atomic mass is 16.2. The molecular formula is C23H28N4O. The van der Waals surface area contributed by atoms with E-state index in [1.54, 1.807) is 0 Å². The highest BCUT2D eigenvalue weighted by molar-refractivity contribution is 5.83. The van der Waals surface area contributed by atoms with Gasteiger partial charge < -0.3 is 15.2 Å². The predicted molar refractivity (Wildman–Crippen MR) is 113 cm³/mol. The summed E-state index contributed by atoms with van der Waals surface area (Å²) in [5, 5.41) is 4.59. The summed E-state index contributed by atoms with van der Waals surface area (Å²) in [6, 6.07) is 18.9. The van der Waals surface area contributed by atoms with Gasteiger partial charge in [0.15, 0.2) is 0 Å². The second-order valence-corrected chi connectivity index (χ2v) is 7.43. The van der Waals surface area contributed by atoms with Gasteiger partial charge in [-0.2, -0.15) is 0 Å². The Hall–Kier alpha value is -2.63. The van der Waals surface area contributed by atoms with Crippen molar-refractivity contribution in [3.05, 3.63) is 71.9 Å². The van der Waals surface area contributed by atoms with E-state index in [1.807, 2.05) is 17.0 Å². The van der Waals surface area contributed by atoms with E-state index < -0.39 is 0 Å². The number of nitrogens with zero attached hydrogens (tertiary/aromatic N) is 2. The quantitative estimate of drug-likeness (QED) is 0.624. The van der Waals surface area contributed by atoms with E-state index in [0.29, 0.717) is 6.54 Å². The number of aromatic nitrogens is 1. The minimum atomic E-state index is 0.207. The number of hydrogen-bond donors (Lipinski definition) is 2. The maximum Gasteiger partial charge on any atom is 0.236 e. The van der Waals surface area contributed by atoms with Gasteiger partial charge in [-0.1, -0.05) is 48.5 Å². The third kappa shape index (κ3) is 4.61. The smallest absolute Gasteiger partial charge is 0.236 e. The Morgan fingerprint density at radius 2 is 1.71 bits per heavy atom. The van der Waals surface area contributed by atoms with Gasteiger partial charge in [-0.05, 0) is 30.2 Å². The van der Waals surface area contributed by atoms with Crippen LogP contribution in [0, 0.1) is 0 Å². The fourth-order valence-electron chi connectivity index (χ4n) is 3.87. The molecule has 0 unspecified atom stereocenters. The van der Waals surface area contributed by atoms with E-state index in [9.17, 15) is 4.79 Å². The van der Waals surface area contributed by atoms with E-state index >= 15 is 0 Å². The molecule has 1 aliphatic rings. The van der Waals surface area contributed by atoms with E-state index in [-0.39, 0.29) is 5.91 Å². The van der Waals surface area contributed by atoms with Crippen LogP contribution in [0.5, 0.6) is 0 Å². The van der Waals surface area contributed by atoms with Crippen LogP contribution in [-0.4, -0.2) is 60.0 Å². The van der Waals surface area contributed by atoms with Crippen LogP contribution in [-0.2, 0) is 17.8 Å².